The summed E-state index contributed by atoms with van der Waals surface area (Å²) in [6.07, 6.45) is 0.257. The molecule has 24 heavy (non-hydrogen) atoms. The lowest BCUT2D eigenvalue weighted by Gasteiger charge is -2.11. The van der Waals surface area contributed by atoms with Gasteiger partial charge in [-0.15, -0.1) is 0 Å². The third kappa shape index (κ3) is 2.51. The molecule has 0 aliphatic carbocycles. The highest BCUT2D eigenvalue weighted by Crippen LogP contribution is 2.32. The van der Waals surface area contributed by atoms with Crippen molar-refractivity contribution >= 4 is 17.2 Å². The maximum absolute atomic E-state index is 14.3. The first-order chi connectivity index (χ1) is 11.5. The third-order valence-corrected chi connectivity index (χ3v) is 3.48. The van der Waals surface area contributed by atoms with Crippen LogP contribution in [-0.2, 0) is 4.74 Å². The Labute approximate surface area is 135 Å². The monoisotopic (exact) mass is 331 g/mol. The Balaban J connectivity index is 2.33. The summed E-state index contributed by atoms with van der Waals surface area (Å²) < 4.78 is 25.5. The number of aromatic nitrogens is 3. The van der Waals surface area contributed by atoms with Crippen LogP contribution in [-0.4, -0.2) is 27.3 Å². The van der Waals surface area contributed by atoms with Crippen LogP contribution in [0.4, 0.5) is 9.18 Å². The molecule has 0 atom stereocenters. The second kappa shape index (κ2) is 6.15. The number of nitrogens with zero attached hydrogens (tertiary/aromatic N) is 2. The Bertz CT molecular complexity index is 977. The van der Waals surface area contributed by atoms with Crippen molar-refractivity contribution in [1.29, 1.82) is 0 Å². The molecule has 0 bridgehead atoms. The van der Waals surface area contributed by atoms with E-state index in [-0.39, 0.29) is 29.2 Å². The van der Waals surface area contributed by atoms with Crippen molar-refractivity contribution in [3.63, 3.8) is 0 Å². The van der Waals surface area contributed by atoms with Crippen LogP contribution in [0.1, 0.15) is 12.5 Å². The van der Waals surface area contributed by atoms with E-state index >= 15 is 0 Å². The van der Waals surface area contributed by atoms with Crippen LogP contribution in [0.25, 0.3) is 16.7 Å². The number of halogens is 1. The molecule has 3 rings (SSSR count). The van der Waals surface area contributed by atoms with Gasteiger partial charge in [0.2, 0.25) is 5.88 Å². The highest BCUT2D eigenvalue weighted by Gasteiger charge is 2.24. The molecule has 8 heteroatoms. The number of ether oxygens (including phenoxy) is 2. The van der Waals surface area contributed by atoms with Crippen molar-refractivity contribution in [2.45, 2.75) is 13.8 Å². The van der Waals surface area contributed by atoms with E-state index in [9.17, 15) is 14.0 Å². The maximum Gasteiger partial charge on any atom is 0.515 e. The van der Waals surface area contributed by atoms with Crippen LogP contribution >= 0.6 is 0 Å². The quantitative estimate of drug-likeness (QED) is 0.746. The predicted octanol–water partition coefficient (Wildman–Crippen LogP) is 2.70. The van der Waals surface area contributed by atoms with Crippen LogP contribution in [0.2, 0.25) is 0 Å². The lowest BCUT2D eigenvalue weighted by atomic mass is 10.3. The minimum atomic E-state index is -0.947. The lowest BCUT2D eigenvalue weighted by molar-refractivity contribution is 0.102. The number of benzene rings is 1. The number of carbonyl (C=O) groups is 1. The molecular formula is C16H14FN3O4. The molecule has 1 N–H and O–H groups in total. The standard InChI is InChI=1S/C16H14FN3O4/c1-3-23-16(22)24-15-9(2)12-13(18-8-19-14(12)21)20(15)11-7-5-4-6-10(11)17/h4-8H,3H2,1-2H3,(H,18,19,21). The average Bonchev–Trinajstić information content (AvgIpc) is 2.82. The van der Waals surface area contributed by atoms with Crippen molar-refractivity contribution in [3.8, 4) is 11.6 Å². The summed E-state index contributed by atoms with van der Waals surface area (Å²) in [6, 6.07) is 5.91. The first-order valence-electron chi connectivity index (χ1n) is 7.22. The smallest absolute Gasteiger partial charge is 0.434 e. The summed E-state index contributed by atoms with van der Waals surface area (Å²) in [5, 5.41) is 0.208. The van der Waals surface area contributed by atoms with Gasteiger partial charge in [0.15, 0.2) is 5.65 Å². The number of aromatic amines is 1. The fourth-order valence-electron chi connectivity index (χ4n) is 2.47. The molecule has 0 spiro atoms. The fourth-order valence-corrected chi connectivity index (χ4v) is 2.47. The number of H-pyrrole nitrogens is 1. The summed E-state index contributed by atoms with van der Waals surface area (Å²) in [5.41, 5.74) is 0.227. The van der Waals surface area contributed by atoms with Gasteiger partial charge >= 0.3 is 6.16 Å². The van der Waals surface area contributed by atoms with Gasteiger partial charge in [-0.25, -0.2) is 14.2 Å². The fraction of sp³-hybridized carbons (Fsp3) is 0.188. The number of fused-ring (bicyclic) bond motifs is 1. The summed E-state index contributed by atoms with van der Waals surface area (Å²) in [6.45, 7) is 3.34. The highest BCUT2D eigenvalue weighted by molar-refractivity contribution is 5.85. The van der Waals surface area contributed by atoms with Gasteiger partial charge < -0.3 is 14.5 Å². The van der Waals surface area contributed by atoms with E-state index in [0.29, 0.717) is 5.56 Å². The predicted molar refractivity (Wildman–Crippen MR) is 84.0 cm³/mol. The Morgan fingerprint density at radius 1 is 1.38 bits per heavy atom. The van der Waals surface area contributed by atoms with E-state index in [1.807, 2.05) is 0 Å². The minimum Gasteiger partial charge on any atom is -0.434 e. The van der Waals surface area contributed by atoms with Crippen molar-refractivity contribution in [2.75, 3.05) is 6.61 Å². The topological polar surface area (TPSA) is 86.2 Å². The largest absolute Gasteiger partial charge is 0.515 e. The first-order valence-corrected chi connectivity index (χ1v) is 7.22. The number of nitrogens with one attached hydrogen (secondary N) is 1. The van der Waals surface area contributed by atoms with E-state index in [1.54, 1.807) is 19.9 Å². The number of rotatable bonds is 3. The average molecular weight is 331 g/mol. The van der Waals surface area contributed by atoms with Gasteiger partial charge in [0.25, 0.3) is 5.56 Å². The zero-order valence-electron chi connectivity index (χ0n) is 13.0. The molecule has 0 fully saturated rings. The van der Waals surface area contributed by atoms with Gasteiger partial charge in [0, 0.05) is 5.56 Å². The van der Waals surface area contributed by atoms with Crippen molar-refractivity contribution in [1.82, 2.24) is 14.5 Å². The summed E-state index contributed by atoms with van der Waals surface area (Å²) in [5.74, 6) is -0.567. The zero-order valence-corrected chi connectivity index (χ0v) is 13.0. The Morgan fingerprint density at radius 2 is 2.12 bits per heavy atom. The number of hydrogen-bond donors (Lipinski definition) is 1. The summed E-state index contributed by atoms with van der Waals surface area (Å²) in [7, 11) is 0. The van der Waals surface area contributed by atoms with Crippen LogP contribution in [0, 0.1) is 12.7 Å². The molecule has 0 aliphatic heterocycles. The molecule has 2 aromatic heterocycles. The van der Waals surface area contributed by atoms with Crippen LogP contribution in [0.3, 0.4) is 0 Å². The molecule has 0 saturated carbocycles. The second-order valence-electron chi connectivity index (χ2n) is 4.93. The number of hydrogen-bond acceptors (Lipinski definition) is 5. The summed E-state index contributed by atoms with van der Waals surface area (Å²) >= 11 is 0. The lowest BCUT2D eigenvalue weighted by Crippen LogP contribution is -2.13. The zero-order chi connectivity index (χ0) is 17.3. The van der Waals surface area contributed by atoms with E-state index < -0.39 is 17.5 Å². The number of aryl methyl sites for hydroxylation is 1. The summed E-state index contributed by atoms with van der Waals surface area (Å²) in [4.78, 5) is 30.4. The highest BCUT2D eigenvalue weighted by atomic mass is 19.1. The molecule has 124 valence electrons. The second-order valence-corrected chi connectivity index (χ2v) is 4.93. The molecule has 7 nitrogen and oxygen atoms in total. The molecule has 0 radical (unpaired) electrons. The third-order valence-electron chi connectivity index (χ3n) is 3.48. The van der Waals surface area contributed by atoms with Gasteiger partial charge in [-0.05, 0) is 26.0 Å². The van der Waals surface area contributed by atoms with Crippen LogP contribution < -0.4 is 10.3 Å². The molecule has 0 aliphatic rings. The Morgan fingerprint density at radius 3 is 2.83 bits per heavy atom. The Hall–Kier alpha value is -3.16. The molecule has 0 unspecified atom stereocenters. The van der Waals surface area contributed by atoms with Gasteiger partial charge in [-0.1, -0.05) is 12.1 Å². The van der Waals surface area contributed by atoms with E-state index in [4.69, 9.17) is 9.47 Å². The number of para-hydroxylation sites is 1. The SMILES string of the molecule is CCOC(=O)Oc1c(C)c2c(=O)[nH]cnc2n1-c1ccccc1F. The Kier molecular flexibility index (Phi) is 4.03. The molecule has 0 amide bonds. The molecule has 2 heterocycles. The van der Waals surface area contributed by atoms with E-state index in [0.717, 1.165) is 0 Å². The van der Waals surface area contributed by atoms with Gasteiger partial charge in [-0.3, -0.25) is 9.36 Å². The minimum absolute atomic E-state index is 0.0160. The van der Waals surface area contributed by atoms with Crippen molar-refractivity contribution < 1.29 is 18.7 Å². The number of carbonyl (C=O) groups excluding carboxylic acids is 1. The van der Waals surface area contributed by atoms with Gasteiger partial charge in [0.05, 0.1) is 24.0 Å². The van der Waals surface area contributed by atoms with Crippen molar-refractivity contribution in [3.05, 3.63) is 52.3 Å². The molecular weight excluding hydrogens is 317 g/mol. The van der Waals surface area contributed by atoms with Gasteiger partial charge in [0.1, 0.15) is 5.82 Å². The molecule has 0 saturated heterocycles. The normalized spacial score (nSPS) is 10.8. The van der Waals surface area contributed by atoms with Gasteiger partial charge in [-0.2, -0.15) is 0 Å². The van der Waals surface area contributed by atoms with Crippen molar-refractivity contribution in [2.24, 2.45) is 0 Å². The molecule has 1 aromatic carbocycles. The molecule has 3 aromatic rings. The van der Waals surface area contributed by atoms with Crippen LogP contribution in [0.5, 0.6) is 5.88 Å². The van der Waals surface area contributed by atoms with E-state index in [2.05, 4.69) is 9.97 Å². The van der Waals surface area contributed by atoms with Crippen LogP contribution in [0.15, 0.2) is 35.4 Å². The maximum atomic E-state index is 14.3. The first kappa shape index (κ1) is 15.7. The van der Waals surface area contributed by atoms with E-state index in [1.165, 1.54) is 29.1 Å².